The van der Waals surface area contributed by atoms with Crippen molar-refractivity contribution in [3.05, 3.63) is 51.1 Å². The minimum atomic E-state index is -0.735. The number of nitrogens with zero attached hydrogens (tertiary/aromatic N) is 3. The molecule has 0 saturated carbocycles. The second kappa shape index (κ2) is 6.74. The van der Waals surface area contributed by atoms with Crippen LogP contribution in [0.25, 0.3) is 10.9 Å². The van der Waals surface area contributed by atoms with Gasteiger partial charge in [-0.1, -0.05) is 30.3 Å². The van der Waals surface area contributed by atoms with Crippen LogP contribution in [-0.4, -0.2) is 20.8 Å². The Hall–Kier alpha value is -2.96. The van der Waals surface area contributed by atoms with Gasteiger partial charge in [-0.3, -0.25) is 9.59 Å². The van der Waals surface area contributed by atoms with Crippen molar-refractivity contribution in [3.8, 4) is 0 Å². The van der Waals surface area contributed by atoms with E-state index in [2.05, 4.69) is 15.6 Å². The number of nitrogens with one attached hydrogen (secondary N) is 1. The van der Waals surface area contributed by atoms with E-state index in [0.29, 0.717) is 23.3 Å². The second-order valence-corrected chi connectivity index (χ2v) is 6.48. The summed E-state index contributed by atoms with van der Waals surface area (Å²) < 4.78 is 6.34. The standard InChI is InChI=1S/C19H22N4O3/c1-6-14(18(24)20-16-10(2)8-7-9-11(16)3)23-19(25)17-15(12(4)21-23)13(5)26-22-17/h7-9,14H,6H2,1-5H3,(H,20,24)/t14-/m1/s1. The van der Waals surface area contributed by atoms with Gasteiger partial charge in [0.15, 0.2) is 5.52 Å². The van der Waals surface area contributed by atoms with E-state index in [9.17, 15) is 9.59 Å². The number of fused-ring (bicyclic) bond motifs is 1. The quantitative estimate of drug-likeness (QED) is 0.777. The van der Waals surface area contributed by atoms with E-state index >= 15 is 0 Å². The molecule has 3 aromatic rings. The first-order chi connectivity index (χ1) is 12.3. The van der Waals surface area contributed by atoms with Crippen molar-refractivity contribution in [3.63, 3.8) is 0 Å². The van der Waals surface area contributed by atoms with Gasteiger partial charge < -0.3 is 9.84 Å². The van der Waals surface area contributed by atoms with Crippen LogP contribution in [0, 0.1) is 27.7 Å². The van der Waals surface area contributed by atoms with Gasteiger partial charge >= 0.3 is 0 Å². The Labute approximate surface area is 151 Å². The van der Waals surface area contributed by atoms with Gasteiger partial charge in [-0.25, -0.2) is 4.68 Å². The summed E-state index contributed by atoms with van der Waals surface area (Å²) in [5, 5.41) is 11.8. The molecule has 0 aliphatic rings. The Bertz CT molecular complexity index is 1030. The van der Waals surface area contributed by atoms with Crippen LogP contribution in [0.1, 0.15) is 42.0 Å². The smallest absolute Gasteiger partial charge is 0.297 e. The lowest BCUT2D eigenvalue weighted by Crippen LogP contribution is -2.35. The lowest BCUT2D eigenvalue weighted by atomic mass is 10.1. The molecule has 0 fully saturated rings. The molecule has 26 heavy (non-hydrogen) atoms. The van der Waals surface area contributed by atoms with Gasteiger partial charge in [0.25, 0.3) is 5.56 Å². The van der Waals surface area contributed by atoms with Crippen molar-refractivity contribution < 1.29 is 9.32 Å². The SMILES string of the molecule is CC[C@H](C(=O)Nc1c(C)cccc1C)n1nc(C)c2c(C)onc2c1=O. The van der Waals surface area contributed by atoms with Gasteiger partial charge in [0.2, 0.25) is 5.91 Å². The van der Waals surface area contributed by atoms with E-state index in [1.165, 1.54) is 4.68 Å². The molecule has 2 aromatic heterocycles. The van der Waals surface area contributed by atoms with Crippen molar-refractivity contribution in [2.45, 2.75) is 47.1 Å². The van der Waals surface area contributed by atoms with Gasteiger partial charge in [-0.15, -0.1) is 0 Å². The van der Waals surface area contributed by atoms with Crippen LogP contribution < -0.4 is 10.9 Å². The predicted octanol–water partition coefficient (Wildman–Crippen LogP) is 3.21. The number of rotatable bonds is 4. The number of amides is 1. The molecule has 1 aromatic carbocycles. The fourth-order valence-corrected chi connectivity index (χ4v) is 3.21. The van der Waals surface area contributed by atoms with Crippen LogP contribution in [-0.2, 0) is 4.79 Å². The number of para-hydroxylation sites is 1. The Morgan fingerprint density at radius 1 is 1.23 bits per heavy atom. The molecule has 0 bridgehead atoms. The van der Waals surface area contributed by atoms with E-state index in [1.807, 2.05) is 39.0 Å². The predicted molar refractivity (Wildman–Crippen MR) is 99.4 cm³/mol. The molecule has 136 valence electrons. The van der Waals surface area contributed by atoms with Crippen LogP contribution in [0.3, 0.4) is 0 Å². The van der Waals surface area contributed by atoms with Crippen LogP contribution in [0.15, 0.2) is 27.5 Å². The third-order valence-corrected chi connectivity index (χ3v) is 4.61. The maximum absolute atomic E-state index is 12.9. The molecule has 7 heteroatoms. The zero-order chi connectivity index (χ0) is 19.0. The van der Waals surface area contributed by atoms with Crippen LogP contribution >= 0.6 is 0 Å². The molecule has 1 amide bonds. The molecule has 0 aliphatic carbocycles. The van der Waals surface area contributed by atoms with E-state index in [-0.39, 0.29) is 11.4 Å². The average Bonchev–Trinajstić information content (AvgIpc) is 2.99. The number of anilines is 1. The number of hydrogen-bond donors (Lipinski definition) is 1. The van der Waals surface area contributed by atoms with Gasteiger partial charge in [-0.2, -0.15) is 5.10 Å². The number of aromatic nitrogens is 3. The molecule has 0 unspecified atom stereocenters. The van der Waals surface area contributed by atoms with E-state index in [4.69, 9.17) is 4.52 Å². The summed E-state index contributed by atoms with van der Waals surface area (Å²) in [6.45, 7) is 9.22. The van der Waals surface area contributed by atoms with Crippen LogP contribution in [0.4, 0.5) is 5.69 Å². The Balaban J connectivity index is 2.04. The van der Waals surface area contributed by atoms with Crippen molar-refractivity contribution >= 4 is 22.5 Å². The highest BCUT2D eigenvalue weighted by molar-refractivity contribution is 5.95. The average molecular weight is 354 g/mol. The molecule has 7 nitrogen and oxygen atoms in total. The zero-order valence-electron chi connectivity index (χ0n) is 15.6. The monoisotopic (exact) mass is 354 g/mol. The highest BCUT2D eigenvalue weighted by Gasteiger charge is 2.25. The molecule has 1 N–H and O–H groups in total. The fraction of sp³-hybridized carbons (Fsp3) is 0.368. The topological polar surface area (TPSA) is 90.0 Å². The lowest BCUT2D eigenvalue weighted by Gasteiger charge is -2.19. The second-order valence-electron chi connectivity index (χ2n) is 6.48. The Morgan fingerprint density at radius 3 is 2.50 bits per heavy atom. The maximum Gasteiger partial charge on any atom is 0.297 e. The van der Waals surface area contributed by atoms with E-state index < -0.39 is 11.6 Å². The van der Waals surface area contributed by atoms with E-state index in [0.717, 1.165) is 16.8 Å². The third-order valence-electron chi connectivity index (χ3n) is 4.61. The molecule has 3 rings (SSSR count). The molecule has 1 atom stereocenters. The van der Waals surface area contributed by atoms with Gasteiger partial charge in [0, 0.05) is 5.69 Å². The first-order valence-electron chi connectivity index (χ1n) is 8.57. The third kappa shape index (κ3) is 2.89. The van der Waals surface area contributed by atoms with Crippen LogP contribution in [0.5, 0.6) is 0 Å². The zero-order valence-corrected chi connectivity index (χ0v) is 15.6. The molecular formula is C19H22N4O3. The molecule has 0 saturated heterocycles. The molecular weight excluding hydrogens is 332 g/mol. The first kappa shape index (κ1) is 17.8. The minimum absolute atomic E-state index is 0.202. The Kier molecular flexibility index (Phi) is 4.63. The summed E-state index contributed by atoms with van der Waals surface area (Å²) in [6.07, 6.45) is 0.422. The van der Waals surface area contributed by atoms with Gasteiger partial charge in [-0.05, 0) is 45.2 Å². The van der Waals surface area contributed by atoms with Crippen molar-refractivity contribution in [2.24, 2.45) is 0 Å². The highest BCUT2D eigenvalue weighted by Crippen LogP contribution is 2.23. The summed E-state index contributed by atoms with van der Waals surface area (Å²) in [4.78, 5) is 25.7. The lowest BCUT2D eigenvalue weighted by molar-refractivity contribution is -0.119. The minimum Gasteiger partial charge on any atom is -0.360 e. The summed E-state index contributed by atoms with van der Waals surface area (Å²) in [6, 6.07) is 5.07. The fourth-order valence-electron chi connectivity index (χ4n) is 3.21. The number of carbonyl (C=O) groups is 1. The summed E-state index contributed by atoms with van der Waals surface area (Å²) in [5.41, 5.74) is 3.08. The highest BCUT2D eigenvalue weighted by atomic mass is 16.5. The first-order valence-corrected chi connectivity index (χ1v) is 8.57. The number of benzene rings is 1. The van der Waals surface area contributed by atoms with Gasteiger partial charge in [0.05, 0.1) is 11.1 Å². The molecule has 2 heterocycles. The van der Waals surface area contributed by atoms with Crippen molar-refractivity contribution in [2.75, 3.05) is 5.32 Å². The number of aryl methyl sites for hydroxylation is 4. The number of carbonyl (C=O) groups excluding carboxylic acids is 1. The van der Waals surface area contributed by atoms with E-state index in [1.54, 1.807) is 13.8 Å². The summed E-state index contributed by atoms with van der Waals surface area (Å²) >= 11 is 0. The summed E-state index contributed by atoms with van der Waals surface area (Å²) in [7, 11) is 0. The normalized spacial score (nSPS) is 12.3. The molecule has 0 aliphatic heterocycles. The van der Waals surface area contributed by atoms with Crippen LogP contribution in [0.2, 0.25) is 0 Å². The van der Waals surface area contributed by atoms with Gasteiger partial charge in [0.1, 0.15) is 11.8 Å². The Morgan fingerprint density at radius 2 is 1.88 bits per heavy atom. The van der Waals surface area contributed by atoms with Crippen molar-refractivity contribution in [1.82, 2.24) is 14.9 Å². The van der Waals surface area contributed by atoms with Crippen molar-refractivity contribution in [1.29, 1.82) is 0 Å². The largest absolute Gasteiger partial charge is 0.360 e. The number of hydrogen-bond acceptors (Lipinski definition) is 5. The molecule has 0 radical (unpaired) electrons. The summed E-state index contributed by atoms with van der Waals surface area (Å²) in [5.74, 6) is 0.265. The molecule has 0 spiro atoms. The maximum atomic E-state index is 12.9.